The van der Waals surface area contributed by atoms with Crippen molar-refractivity contribution in [2.75, 3.05) is 18.5 Å². The van der Waals surface area contributed by atoms with Gasteiger partial charge < -0.3 is 20.5 Å². The van der Waals surface area contributed by atoms with Crippen LogP contribution in [-0.2, 0) is 11.3 Å². The van der Waals surface area contributed by atoms with Crippen LogP contribution in [0.25, 0.3) is 0 Å². The lowest BCUT2D eigenvalue weighted by atomic mass is 9.94. The Morgan fingerprint density at radius 2 is 2.03 bits per heavy atom. The molecular formula is C23H30ClN5O2. The fraction of sp³-hybridized carbons (Fsp3) is 0.522. The van der Waals surface area contributed by atoms with E-state index in [0.717, 1.165) is 17.7 Å². The van der Waals surface area contributed by atoms with Gasteiger partial charge in [0.25, 0.3) is 0 Å². The van der Waals surface area contributed by atoms with Crippen LogP contribution in [0.3, 0.4) is 0 Å². The molecule has 166 valence electrons. The fourth-order valence-electron chi connectivity index (χ4n) is 3.46. The van der Waals surface area contributed by atoms with Crippen molar-refractivity contribution in [3.8, 4) is 11.8 Å². The molecule has 3 heterocycles. The molecule has 0 aliphatic carbocycles. The number of hydrogen-bond donors (Lipinski definition) is 3. The zero-order valence-electron chi connectivity index (χ0n) is 18.4. The first-order valence-corrected chi connectivity index (χ1v) is 11.0. The van der Waals surface area contributed by atoms with Gasteiger partial charge >= 0.3 is 0 Å². The van der Waals surface area contributed by atoms with Crippen molar-refractivity contribution < 1.29 is 9.84 Å². The number of nitrogens with one attached hydrogen (secondary N) is 2. The molecule has 0 aromatic carbocycles. The van der Waals surface area contributed by atoms with E-state index in [-0.39, 0.29) is 6.04 Å². The Morgan fingerprint density at radius 3 is 2.74 bits per heavy atom. The summed E-state index contributed by atoms with van der Waals surface area (Å²) in [6, 6.07) is 0.215. The molecule has 3 rings (SSSR count). The van der Waals surface area contributed by atoms with Gasteiger partial charge in [-0.1, -0.05) is 45.2 Å². The summed E-state index contributed by atoms with van der Waals surface area (Å²) < 4.78 is 5.27. The Balaban J connectivity index is 1.86. The van der Waals surface area contributed by atoms with Gasteiger partial charge in [0.1, 0.15) is 5.69 Å². The van der Waals surface area contributed by atoms with Crippen molar-refractivity contribution in [3.63, 3.8) is 0 Å². The smallest absolute Gasteiger partial charge is 0.224 e. The molecule has 1 aliphatic heterocycles. The third-order valence-electron chi connectivity index (χ3n) is 5.05. The second kappa shape index (κ2) is 10.9. The largest absolute Gasteiger partial charge is 0.389 e. The SMILES string of the molecule is CC(C)NCc1cncc(C#Cc2nc(N[C@@H]3CCOC[C@H]3O)ncc2Cl)c1C(C)C. The van der Waals surface area contributed by atoms with E-state index in [4.69, 9.17) is 16.3 Å². The second-order valence-corrected chi connectivity index (χ2v) is 8.68. The van der Waals surface area contributed by atoms with Crippen LogP contribution in [0.1, 0.15) is 62.4 Å². The number of nitrogens with zero attached hydrogens (tertiary/aromatic N) is 3. The van der Waals surface area contributed by atoms with Crippen LogP contribution in [0.4, 0.5) is 5.95 Å². The Morgan fingerprint density at radius 1 is 1.23 bits per heavy atom. The Hall–Kier alpha value is -2.24. The summed E-state index contributed by atoms with van der Waals surface area (Å²) >= 11 is 6.30. The van der Waals surface area contributed by atoms with Gasteiger partial charge in [0.05, 0.1) is 30.0 Å². The van der Waals surface area contributed by atoms with Gasteiger partial charge in [-0.2, -0.15) is 0 Å². The molecule has 7 nitrogen and oxygen atoms in total. The highest BCUT2D eigenvalue weighted by atomic mass is 35.5. The molecule has 0 unspecified atom stereocenters. The van der Waals surface area contributed by atoms with Crippen LogP contribution in [-0.4, -0.2) is 51.5 Å². The van der Waals surface area contributed by atoms with Crippen molar-refractivity contribution in [2.45, 2.75) is 64.8 Å². The van der Waals surface area contributed by atoms with Crippen LogP contribution in [0.2, 0.25) is 5.02 Å². The molecule has 0 bridgehead atoms. The molecule has 1 aliphatic rings. The molecule has 1 saturated heterocycles. The standard InChI is InChI=1S/C23H30ClN5O2/c1-14(2)22-16(9-25-10-17(22)11-26-15(3)4)5-6-19-18(24)12-27-23(28-19)29-20-7-8-31-13-21(20)30/h9-10,12,14-15,20-21,26,30H,7-8,11,13H2,1-4H3,(H,27,28,29)/t20-,21-/m1/s1. The predicted octanol–water partition coefficient (Wildman–Crippen LogP) is 3.11. The van der Waals surface area contributed by atoms with E-state index in [1.807, 2.05) is 6.20 Å². The minimum absolute atomic E-state index is 0.169. The summed E-state index contributed by atoms with van der Waals surface area (Å²) in [5.41, 5.74) is 3.60. The van der Waals surface area contributed by atoms with E-state index in [1.165, 1.54) is 11.8 Å². The summed E-state index contributed by atoms with van der Waals surface area (Å²) in [7, 11) is 0. The zero-order chi connectivity index (χ0) is 22.4. The molecule has 2 aromatic rings. The zero-order valence-corrected chi connectivity index (χ0v) is 19.2. The van der Waals surface area contributed by atoms with Crippen molar-refractivity contribution >= 4 is 17.5 Å². The Labute approximate surface area is 189 Å². The topological polar surface area (TPSA) is 92.2 Å². The summed E-state index contributed by atoms with van der Waals surface area (Å²) in [5.74, 6) is 6.97. The van der Waals surface area contributed by atoms with Crippen LogP contribution in [0.5, 0.6) is 0 Å². The van der Waals surface area contributed by atoms with Crippen LogP contribution < -0.4 is 10.6 Å². The van der Waals surface area contributed by atoms with Gasteiger partial charge in [0, 0.05) is 37.2 Å². The molecule has 31 heavy (non-hydrogen) atoms. The van der Waals surface area contributed by atoms with Gasteiger partial charge in [-0.25, -0.2) is 9.97 Å². The van der Waals surface area contributed by atoms with E-state index in [9.17, 15) is 5.11 Å². The predicted molar refractivity (Wildman–Crippen MR) is 122 cm³/mol. The first kappa shape index (κ1) is 23.4. The van der Waals surface area contributed by atoms with Gasteiger partial charge in [0.2, 0.25) is 5.95 Å². The minimum Gasteiger partial charge on any atom is -0.389 e. The number of hydrogen-bond acceptors (Lipinski definition) is 7. The number of aliphatic hydroxyl groups excluding tert-OH is 1. The van der Waals surface area contributed by atoms with E-state index >= 15 is 0 Å². The number of ether oxygens (including phenoxy) is 1. The van der Waals surface area contributed by atoms with Crippen LogP contribution in [0.15, 0.2) is 18.6 Å². The Bertz CT molecular complexity index is 955. The molecule has 2 atom stereocenters. The van der Waals surface area contributed by atoms with Gasteiger partial charge in [-0.3, -0.25) is 4.98 Å². The van der Waals surface area contributed by atoms with Gasteiger partial charge in [-0.15, -0.1) is 0 Å². The first-order chi connectivity index (χ1) is 14.8. The number of aromatic nitrogens is 3. The second-order valence-electron chi connectivity index (χ2n) is 8.27. The number of halogens is 1. The molecule has 8 heteroatoms. The number of pyridine rings is 1. The van der Waals surface area contributed by atoms with E-state index < -0.39 is 6.10 Å². The van der Waals surface area contributed by atoms with Crippen molar-refractivity contribution in [1.82, 2.24) is 20.3 Å². The monoisotopic (exact) mass is 443 g/mol. The van der Waals surface area contributed by atoms with Crippen LogP contribution >= 0.6 is 11.6 Å². The number of rotatable bonds is 6. The normalized spacial score (nSPS) is 18.7. The third kappa shape index (κ3) is 6.37. The summed E-state index contributed by atoms with van der Waals surface area (Å²) in [4.78, 5) is 13.1. The van der Waals surface area contributed by atoms with Crippen molar-refractivity contribution in [1.29, 1.82) is 0 Å². The lowest BCUT2D eigenvalue weighted by molar-refractivity contribution is -0.0136. The highest BCUT2D eigenvalue weighted by Crippen LogP contribution is 2.23. The van der Waals surface area contributed by atoms with E-state index in [0.29, 0.717) is 48.3 Å². The molecule has 2 aromatic heterocycles. The number of anilines is 1. The fourth-order valence-corrected chi connectivity index (χ4v) is 3.60. The lowest BCUT2D eigenvalue weighted by Crippen LogP contribution is -2.42. The minimum atomic E-state index is -0.607. The Kier molecular flexibility index (Phi) is 8.22. The average Bonchev–Trinajstić information content (AvgIpc) is 2.74. The highest BCUT2D eigenvalue weighted by Gasteiger charge is 2.24. The maximum absolute atomic E-state index is 10.1. The maximum atomic E-state index is 10.1. The van der Waals surface area contributed by atoms with Crippen molar-refractivity contribution in [2.24, 2.45) is 0 Å². The highest BCUT2D eigenvalue weighted by molar-refractivity contribution is 6.31. The van der Waals surface area contributed by atoms with Crippen LogP contribution in [0, 0.1) is 11.8 Å². The molecule has 3 N–H and O–H groups in total. The quantitative estimate of drug-likeness (QED) is 0.591. The number of aliphatic hydroxyl groups is 1. The molecule has 0 spiro atoms. The molecule has 1 fully saturated rings. The van der Waals surface area contributed by atoms with E-state index in [2.05, 4.69) is 65.1 Å². The van der Waals surface area contributed by atoms with Gasteiger partial charge in [-0.05, 0) is 29.4 Å². The lowest BCUT2D eigenvalue weighted by Gasteiger charge is -2.28. The molecule has 0 amide bonds. The molecule has 0 saturated carbocycles. The first-order valence-electron chi connectivity index (χ1n) is 10.6. The maximum Gasteiger partial charge on any atom is 0.224 e. The summed E-state index contributed by atoms with van der Waals surface area (Å²) in [5, 5.41) is 17.1. The molecule has 0 radical (unpaired) electrons. The summed E-state index contributed by atoms with van der Waals surface area (Å²) in [6.07, 6.45) is 5.28. The third-order valence-corrected chi connectivity index (χ3v) is 5.33. The molecular weight excluding hydrogens is 414 g/mol. The van der Waals surface area contributed by atoms with E-state index in [1.54, 1.807) is 6.20 Å². The average molecular weight is 444 g/mol. The van der Waals surface area contributed by atoms with Gasteiger partial charge in [0.15, 0.2) is 0 Å². The van der Waals surface area contributed by atoms with Crippen molar-refractivity contribution in [3.05, 3.63) is 46.0 Å². The summed E-state index contributed by atoms with van der Waals surface area (Å²) in [6.45, 7) is 10.2.